The van der Waals surface area contributed by atoms with Gasteiger partial charge in [-0.15, -0.1) is 0 Å². The van der Waals surface area contributed by atoms with Crippen LogP contribution >= 0.6 is 0 Å². The van der Waals surface area contributed by atoms with Crippen molar-refractivity contribution in [2.24, 2.45) is 0 Å². The van der Waals surface area contributed by atoms with Gasteiger partial charge in [0.15, 0.2) is 29.0 Å². The number of benzene rings is 2. The first-order valence-corrected chi connectivity index (χ1v) is 6.93. The number of methoxy groups -OCH3 is 1. The average Bonchev–Trinajstić information content (AvgIpc) is 2.54. The number of carbonyl (C=O) groups excluding carboxylic acids is 1. The zero-order valence-corrected chi connectivity index (χ0v) is 12.9. The molecule has 23 heavy (non-hydrogen) atoms. The van der Waals surface area contributed by atoms with Crippen LogP contribution in [0.4, 0.5) is 13.2 Å². The van der Waals surface area contributed by atoms with E-state index in [2.05, 4.69) is 0 Å². The van der Waals surface area contributed by atoms with Crippen LogP contribution in [0.25, 0.3) is 0 Å². The third kappa shape index (κ3) is 3.02. The summed E-state index contributed by atoms with van der Waals surface area (Å²) < 4.78 is 51.5. The minimum Gasteiger partial charge on any atom is -0.493 e. The van der Waals surface area contributed by atoms with E-state index < -0.39 is 29.0 Å². The molecule has 0 aliphatic rings. The third-order valence-corrected chi connectivity index (χ3v) is 3.53. The highest BCUT2D eigenvalue weighted by Gasteiger charge is 2.27. The normalized spacial score (nSPS) is 10.5. The van der Waals surface area contributed by atoms with Crippen molar-refractivity contribution < 1.29 is 27.4 Å². The molecular weight excluding hydrogens is 309 g/mol. The van der Waals surface area contributed by atoms with Crippen LogP contribution in [0.1, 0.15) is 28.4 Å². The van der Waals surface area contributed by atoms with E-state index in [0.717, 1.165) is 0 Å². The fourth-order valence-electron chi connectivity index (χ4n) is 2.34. The largest absolute Gasteiger partial charge is 0.493 e. The van der Waals surface area contributed by atoms with Crippen molar-refractivity contribution in [3.8, 4) is 11.5 Å². The van der Waals surface area contributed by atoms with Crippen molar-refractivity contribution in [1.29, 1.82) is 0 Å². The summed E-state index contributed by atoms with van der Waals surface area (Å²) in [7, 11) is 1.38. The van der Waals surface area contributed by atoms with E-state index in [0.29, 0.717) is 0 Å². The topological polar surface area (TPSA) is 35.5 Å². The molecule has 0 atom stereocenters. The van der Waals surface area contributed by atoms with Crippen molar-refractivity contribution in [1.82, 2.24) is 0 Å². The van der Waals surface area contributed by atoms with Gasteiger partial charge in [-0.2, -0.15) is 0 Å². The summed E-state index contributed by atoms with van der Waals surface area (Å²) in [5.74, 6) is -5.32. The standard InChI is InChI=1S/C17H15F3O3/c1-4-10-9(2)13(15(19)16(20)14(10)18)17(21)23-12-8-6-5-7-11(12)22-3/h5-8H,4H2,1-3H3. The Bertz CT molecular complexity index is 757. The van der Waals surface area contributed by atoms with E-state index >= 15 is 0 Å². The molecule has 2 aromatic rings. The molecule has 2 aromatic carbocycles. The molecule has 0 aliphatic carbocycles. The van der Waals surface area contributed by atoms with E-state index in [4.69, 9.17) is 9.47 Å². The monoisotopic (exact) mass is 324 g/mol. The number of para-hydroxylation sites is 2. The summed E-state index contributed by atoms with van der Waals surface area (Å²) in [5.41, 5.74) is -0.661. The molecule has 3 nitrogen and oxygen atoms in total. The maximum absolute atomic E-state index is 14.0. The second-order valence-electron chi connectivity index (χ2n) is 4.81. The number of rotatable bonds is 4. The van der Waals surface area contributed by atoms with Gasteiger partial charge in [0.25, 0.3) is 0 Å². The van der Waals surface area contributed by atoms with Crippen molar-refractivity contribution >= 4 is 5.97 Å². The number of esters is 1. The van der Waals surface area contributed by atoms with Crippen molar-refractivity contribution in [2.75, 3.05) is 7.11 Å². The predicted molar refractivity (Wildman–Crippen MR) is 78.4 cm³/mol. The minimum absolute atomic E-state index is 0.0174. The van der Waals surface area contributed by atoms with E-state index in [1.165, 1.54) is 20.1 Å². The maximum atomic E-state index is 14.0. The second-order valence-corrected chi connectivity index (χ2v) is 4.81. The van der Waals surface area contributed by atoms with Crippen LogP contribution < -0.4 is 9.47 Å². The first-order chi connectivity index (χ1) is 10.9. The van der Waals surface area contributed by atoms with Gasteiger partial charge in [-0.1, -0.05) is 19.1 Å². The van der Waals surface area contributed by atoms with Gasteiger partial charge in [0.1, 0.15) is 5.56 Å². The lowest BCUT2D eigenvalue weighted by atomic mass is 9.98. The molecule has 0 radical (unpaired) electrons. The first-order valence-electron chi connectivity index (χ1n) is 6.93. The molecule has 0 saturated carbocycles. The Morgan fingerprint density at radius 1 is 1.04 bits per heavy atom. The van der Waals surface area contributed by atoms with Gasteiger partial charge in [-0.25, -0.2) is 18.0 Å². The number of carbonyl (C=O) groups is 1. The third-order valence-electron chi connectivity index (χ3n) is 3.53. The van der Waals surface area contributed by atoms with Crippen LogP contribution in [0.15, 0.2) is 24.3 Å². The molecule has 6 heteroatoms. The molecule has 0 heterocycles. The van der Waals surface area contributed by atoms with Gasteiger partial charge in [-0.3, -0.25) is 0 Å². The molecular formula is C17H15F3O3. The van der Waals surface area contributed by atoms with Crippen molar-refractivity contribution in [3.63, 3.8) is 0 Å². The number of hydrogen-bond donors (Lipinski definition) is 0. The van der Waals surface area contributed by atoms with Gasteiger partial charge in [-0.05, 0) is 36.6 Å². The SMILES string of the molecule is CCc1c(C)c(C(=O)Oc2ccccc2OC)c(F)c(F)c1F. The maximum Gasteiger partial charge on any atom is 0.347 e. The summed E-state index contributed by atoms with van der Waals surface area (Å²) in [4.78, 5) is 12.2. The Labute approximate surface area is 131 Å². The summed E-state index contributed by atoms with van der Waals surface area (Å²) in [6.07, 6.45) is 0.115. The van der Waals surface area contributed by atoms with E-state index in [1.807, 2.05) is 0 Å². The highest BCUT2D eigenvalue weighted by Crippen LogP contribution is 2.30. The number of ether oxygens (including phenoxy) is 2. The quantitative estimate of drug-likeness (QED) is 0.480. The zero-order chi connectivity index (χ0) is 17.1. The molecule has 0 bridgehead atoms. The van der Waals surface area contributed by atoms with Gasteiger partial charge in [0.2, 0.25) is 0 Å². The smallest absolute Gasteiger partial charge is 0.347 e. The highest BCUT2D eigenvalue weighted by molar-refractivity contribution is 5.93. The Balaban J connectivity index is 2.50. The van der Waals surface area contributed by atoms with Gasteiger partial charge >= 0.3 is 5.97 Å². The average molecular weight is 324 g/mol. The Hall–Kier alpha value is -2.50. The fraction of sp³-hybridized carbons (Fsp3) is 0.235. The van der Waals surface area contributed by atoms with Gasteiger partial charge in [0, 0.05) is 0 Å². The molecule has 0 unspecified atom stereocenters. The van der Waals surface area contributed by atoms with E-state index in [-0.39, 0.29) is 29.0 Å². The lowest BCUT2D eigenvalue weighted by Crippen LogP contribution is -2.17. The van der Waals surface area contributed by atoms with Crippen molar-refractivity contribution in [2.45, 2.75) is 20.3 Å². The van der Waals surface area contributed by atoms with Gasteiger partial charge < -0.3 is 9.47 Å². The summed E-state index contributed by atoms with van der Waals surface area (Å²) in [6.45, 7) is 2.93. The molecule has 0 aliphatic heterocycles. The Kier molecular flexibility index (Phi) is 4.93. The molecule has 122 valence electrons. The zero-order valence-electron chi connectivity index (χ0n) is 12.9. The fourth-order valence-corrected chi connectivity index (χ4v) is 2.34. The summed E-state index contributed by atoms with van der Waals surface area (Å²) >= 11 is 0. The van der Waals surface area contributed by atoms with Crippen LogP contribution in [0.2, 0.25) is 0 Å². The van der Waals surface area contributed by atoms with Gasteiger partial charge in [0.05, 0.1) is 7.11 Å². The predicted octanol–water partition coefficient (Wildman–Crippen LogP) is 4.20. The minimum atomic E-state index is -1.68. The molecule has 0 amide bonds. The molecule has 0 fully saturated rings. The number of halogens is 3. The van der Waals surface area contributed by atoms with E-state index in [1.54, 1.807) is 25.1 Å². The first kappa shape index (κ1) is 16.9. The Morgan fingerprint density at radius 3 is 2.22 bits per heavy atom. The highest BCUT2D eigenvalue weighted by atomic mass is 19.2. The van der Waals surface area contributed by atoms with Crippen LogP contribution in [0, 0.1) is 24.4 Å². The van der Waals surface area contributed by atoms with Crippen LogP contribution in [-0.2, 0) is 6.42 Å². The lowest BCUT2D eigenvalue weighted by molar-refractivity contribution is 0.0722. The van der Waals surface area contributed by atoms with Crippen LogP contribution in [0.3, 0.4) is 0 Å². The summed E-state index contributed by atoms with van der Waals surface area (Å²) in [6, 6.07) is 6.25. The van der Waals surface area contributed by atoms with Crippen molar-refractivity contribution in [3.05, 3.63) is 58.4 Å². The summed E-state index contributed by atoms with van der Waals surface area (Å²) in [5, 5.41) is 0. The number of hydrogen-bond acceptors (Lipinski definition) is 3. The second kappa shape index (κ2) is 6.73. The molecule has 0 aromatic heterocycles. The van der Waals surface area contributed by atoms with Crippen LogP contribution in [0.5, 0.6) is 11.5 Å². The molecule has 0 saturated heterocycles. The lowest BCUT2D eigenvalue weighted by Gasteiger charge is -2.14. The Morgan fingerprint density at radius 2 is 1.65 bits per heavy atom. The molecule has 2 rings (SSSR count). The molecule has 0 spiro atoms. The molecule has 0 N–H and O–H groups in total. The van der Waals surface area contributed by atoms with Crippen LogP contribution in [-0.4, -0.2) is 13.1 Å². The van der Waals surface area contributed by atoms with E-state index in [9.17, 15) is 18.0 Å².